The molecule has 0 atom stereocenters. The molecule has 1 heterocycles. The topological polar surface area (TPSA) is 28.7 Å². The van der Waals surface area contributed by atoms with Gasteiger partial charge in [-0.1, -0.05) is 18.2 Å². The Labute approximate surface area is 106 Å². The molecule has 1 radical (unpaired) electrons. The average Bonchev–Trinajstić information content (AvgIpc) is 2.81. The van der Waals surface area contributed by atoms with Crippen molar-refractivity contribution in [2.24, 2.45) is 0 Å². The van der Waals surface area contributed by atoms with Crippen LogP contribution >= 0.6 is 0 Å². The van der Waals surface area contributed by atoms with E-state index in [2.05, 4.69) is 16.0 Å². The van der Waals surface area contributed by atoms with Crippen LogP contribution in [0.15, 0.2) is 42.5 Å². The first-order valence-corrected chi connectivity index (χ1v) is 5.57. The average molecular weight is 261 g/mol. The van der Waals surface area contributed by atoms with Gasteiger partial charge in [0.15, 0.2) is 0 Å². The van der Waals surface area contributed by atoms with E-state index in [0.717, 1.165) is 23.2 Å². The zero-order valence-electron chi connectivity index (χ0n) is 9.62. The monoisotopic (exact) mass is 261 g/mol. The van der Waals surface area contributed by atoms with Crippen LogP contribution in [0.4, 0.5) is 13.2 Å². The Morgan fingerprint density at radius 1 is 1.05 bits per heavy atom. The van der Waals surface area contributed by atoms with Crippen molar-refractivity contribution in [1.29, 1.82) is 0 Å². The summed E-state index contributed by atoms with van der Waals surface area (Å²) in [7, 11) is 0. The summed E-state index contributed by atoms with van der Waals surface area (Å²) in [4.78, 5) is 7.36. The van der Waals surface area contributed by atoms with Crippen LogP contribution in [0, 0.1) is 6.07 Å². The maximum Gasteiger partial charge on any atom is 0.416 e. The lowest BCUT2D eigenvalue weighted by atomic mass is 10.1. The van der Waals surface area contributed by atoms with Gasteiger partial charge >= 0.3 is 6.18 Å². The van der Waals surface area contributed by atoms with Crippen molar-refractivity contribution in [3.05, 3.63) is 54.1 Å². The largest absolute Gasteiger partial charge is 0.416 e. The fourth-order valence-corrected chi connectivity index (χ4v) is 1.85. The summed E-state index contributed by atoms with van der Waals surface area (Å²) in [6, 6.07) is 13.1. The molecule has 2 nitrogen and oxygen atoms in total. The molecule has 0 amide bonds. The summed E-state index contributed by atoms with van der Waals surface area (Å²) in [5.74, 6) is 0.545. The standard InChI is InChI=1S/C14H8F3N2/c15-14(16,17)10-7-5-9(6-8-10)13-18-11-3-1-2-4-12(11)19-13/h1,3-8H,(H,18,19). The molecule has 2 aromatic carbocycles. The van der Waals surface area contributed by atoms with Gasteiger partial charge in [-0.05, 0) is 30.3 Å². The van der Waals surface area contributed by atoms with Crippen molar-refractivity contribution in [2.45, 2.75) is 6.18 Å². The van der Waals surface area contributed by atoms with Gasteiger partial charge in [-0.25, -0.2) is 4.98 Å². The third kappa shape index (κ3) is 2.19. The van der Waals surface area contributed by atoms with E-state index >= 15 is 0 Å². The molecule has 0 aliphatic rings. The maximum absolute atomic E-state index is 12.5. The highest BCUT2D eigenvalue weighted by atomic mass is 19.4. The summed E-state index contributed by atoms with van der Waals surface area (Å²) in [6.45, 7) is 0. The van der Waals surface area contributed by atoms with E-state index in [1.165, 1.54) is 12.1 Å². The van der Waals surface area contributed by atoms with Crippen LogP contribution in [0.25, 0.3) is 22.4 Å². The molecule has 3 rings (SSSR count). The first-order chi connectivity index (χ1) is 9.04. The molecule has 5 heteroatoms. The minimum atomic E-state index is -4.32. The molecular formula is C14H8F3N2. The van der Waals surface area contributed by atoms with Crippen LogP contribution in [0.3, 0.4) is 0 Å². The first-order valence-electron chi connectivity index (χ1n) is 5.57. The molecule has 1 N–H and O–H groups in total. The number of fused-ring (bicyclic) bond motifs is 1. The Morgan fingerprint density at radius 3 is 2.42 bits per heavy atom. The van der Waals surface area contributed by atoms with E-state index in [-0.39, 0.29) is 0 Å². The molecule has 0 aliphatic carbocycles. The quantitative estimate of drug-likeness (QED) is 0.703. The second kappa shape index (κ2) is 4.12. The molecule has 1 aromatic heterocycles. The molecule has 0 fully saturated rings. The summed E-state index contributed by atoms with van der Waals surface area (Å²) in [5.41, 5.74) is 1.51. The number of rotatable bonds is 1. The van der Waals surface area contributed by atoms with Gasteiger partial charge in [-0.2, -0.15) is 13.2 Å². The van der Waals surface area contributed by atoms with Gasteiger partial charge in [-0.3, -0.25) is 0 Å². The molecule has 0 bridgehead atoms. The molecule has 3 aromatic rings. The third-order valence-electron chi connectivity index (χ3n) is 2.81. The fourth-order valence-electron chi connectivity index (χ4n) is 1.85. The number of nitrogens with one attached hydrogen (secondary N) is 1. The second-order valence-corrected chi connectivity index (χ2v) is 4.10. The number of aromatic amines is 1. The fraction of sp³-hybridized carbons (Fsp3) is 0.0714. The summed E-state index contributed by atoms with van der Waals surface area (Å²) >= 11 is 0. The Bertz CT molecular complexity index is 678. The van der Waals surface area contributed by atoms with Gasteiger partial charge in [0.1, 0.15) is 5.82 Å². The normalized spacial score (nSPS) is 11.9. The summed E-state index contributed by atoms with van der Waals surface area (Å²) in [5, 5.41) is 0. The van der Waals surface area contributed by atoms with Crippen molar-refractivity contribution >= 4 is 11.0 Å². The smallest absolute Gasteiger partial charge is 0.338 e. The van der Waals surface area contributed by atoms with Gasteiger partial charge in [-0.15, -0.1) is 0 Å². The Balaban J connectivity index is 2.02. The number of halogens is 3. The van der Waals surface area contributed by atoms with Gasteiger partial charge in [0.2, 0.25) is 0 Å². The maximum atomic E-state index is 12.5. The minimum Gasteiger partial charge on any atom is -0.338 e. The molecule has 0 saturated heterocycles. The van der Waals surface area contributed by atoms with Crippen LogP contribution in [0.1, 0.15) is 5.56 Å². The Hall–Kier alpha value is -2.30. The zero-order valence-corrected chi connectivity index (χ0v) is 9.62. The molecule has 0 saturated carbocycles. The van der Waals surface area contributed by atoms with Crippen LogP contribution < -0.4 is 0 Å². The lowest BCUT2D eigenvalue weighted by molar-refractivity contribution is -0.137. The second-order valence-electron chi connectivity index (χ2n) is 4.10. The van der Waals surface area contributed by atoms with E-state index in [9.17, 15) is 13.2 Å². The first kappa shape index (κ1) is 11.8. The minimum absolute atomic E-state index is 0.545. The van der Waals surface area contributed by atoms with Crippen molar-refractivity contribution < 1.29 is 13.2 Å². The van der Waals surface area contributed by atoms with Crippen molar-refractivity contribution in [2.75, 3.05) is 0 Å². The van der Waals surface area contributed by atoms with Crippen LogP contribution in [-0.2, 0) is 6.18 Å². The molecule has 0 unspecified atom stereocenters. The third-order valence-corrected chi connectivity index (χ3v) is 2.81. The number of nitrogens with zero attached hydrogens (tertiary/aromatic N) is 1. The number of hydrogen-bond donors (Lipinski definition) is 1. The number of H-pyrrole nitrogens is 1. The number of alkyl halides is 3. The van der Waals surface area contributed by atoms with Gasteiger partial charge in [0, 0.05) is 5.56 Å². The SMILES string of the molecule is FC(F)(F)c1ccc(-c2nc3c[c]ccc3[nH]2)cc1. The highest BCUT2D eigenvalue weighted by Crippen LogP contribution is 2.30. The van der Waals surface area contributed by atoms with Gasteiger partial charge in [0.05, 0.1) is 16.6 Å². The Kier molecular flexibility index (Phi) is 2.55. The predicted molar refractivity (Wildman–Crippen MR) is 65.4 cm³/mol. The lowest BCUT2D eigenvalue weighted by Gasteiger charge is -2.06. The van der Waals surface area contributed by atoms with Crippen LogP contribution in [0.5, 0.6) is 0 Å². The van der Waals surface area contributed by atoms with Crippen molar-refractivity contribution in [3.63, 3.8) is 0 Å². The molecule has 0 spiro atoms. The van der Waals surface area contributed by atoms with Crippen molar-refractivity contribution in [1.82, 2.24) is 9.97 Å². The van der Waals surface area contributed by atoms with E-state index in [4.69, 9.17) is 0 Å². The zero-order chi connectivity index (χ0) is 13.5. The van der Waals surface area contributed by atoms with Crippen LogP contribution in [-0.4, -0.2) is 9.97 Å². The predicted octanol–water partition coefficient (Wildman–Crippen LogP) is 4.05. The van der Waals surface area contributed by atoms with E-state index in [1.807, 2.05) is 6.07 Å². The number of imidazole rings is 1. The van der Waals surface area contributed by atoms with Crippen molar-refractivity contribution in [3.8, 4) is 11.4 Å². The summed E-state index contributed by atoms with van der Waals surface area (Å²) < 4.78 is 37.4. The van der Waals surface area contributed by atoms with Gasteiger partial charge in [0.25, 0.3) is 0 Å². The Morgan fingerprint density at radius 2 is 1.79 bits per heavy atom. The summed E-state index contributed by atoms with van der Waals surface area (Å²) in [6.07, 6.45) is -4.32. The highest BCUT2D eigenvalue weighted by molar-refractivity contribution is 5.79. The van der Waals surface area contributed by atoms with Crippen LogP contribution in [0.2, 0.25) is 0 Å². The molecule has 95 valence electrons. The number of aromatic nitrogens is 2. The molecule has 19 heavy (non-hydrogen) atoms. The number of hydrogen-bond acceptors (Lipinski definition) is 1. The molecule has 0 aliphatic heterocycles. The van der Waals surface area contributed by atoms with Gasteiger partial charge < -0.3 is 4.98 Å². The highest BCUT2D eigenvalue weighted by Gasteiger charge is 2.30. The van der Waals surface area contributed by atoms with E-state index < -0.39 is 11.7 Å². The lowest BCUT2D eigenvalue weighted by Crippen LogP contribution is -2.04. The van der Waals surface area contributed by atoms with E-state index in [0.29, 0.717) is 11.4 Å². The number of benzene rings is 2. The molecular weight excluding hydrogens is 253 g/mol. The van der Waals surface area contributed by atoms with E-state index in [1.54, 1.807) is 12.1 Å².